The Labute approximate surface area is 136 Å². The number of oxime groups is 2. The molecule has 0 bridgehead atoms. The van der Waals surface area contributed by atoms with Crippen LogP contribution in [0.1, 0.15) is 30.9 Å². The number of nitrogens with zero attached hydrogens (tertiary/aromatic N) is 3. The molecule has 2 aromatic rings. The van der Waals surface area contributed by atoms with E-state index in [1.54, 1.807) is 0 Å². The first-order valence-corrected chi connectivity index (χ1v) is 7.61. The van der Waals surface area contributed by atoms with E-state index >= 15 is 0 Å². The Morgan fingerprint density at radius 1 is 0.826 bits per heavy atom. The van der Waals surface area contributed by atoms with Crippen molar-refractivity contribution in [2.45, 2.75) is 19.8 Å². The predicted octanol–water partition coefficient (Wildman–Crippen LogP) is 4.24. The second-order valence-corrected chi connectivity index (χ2v) is 5.18. The van der Waals surface area contributed by atoms with Crippen LogP contribution in [0.3, 0.4) is 0 Å². The van der Waals surface area contributed by atoms with E-state index < -0.39 is 0 Å². The zero-order chi connectivity index (χ0) is 16.5. The van der Waals surface area contributed by atoms with Crippen molar-refractivity contribution in [2.24, 2.45) is 10.3 Å². The zero-order valence-corrected chi connectivity index (χ0v) is 13.1. The summed E-state index contributed by atoms with van der Waals surface area (Å²) in [4.78, 5) is 2.24. The second-order valence-electron chi connectivity index (χ2n) is 5.18. The number of anilines is 2. The smallest absolute Gasteiger partial charge is 0.0733 e. The van der Waals surface area contributed by atoms with Gasteiger partial charge in [-0.05, 0) is 41.8 Å². The molecule has 0 aromatic heterocycles. The van der Waals surface area contributed by atoms with Crippen LogP contribution in [0.5, 0.6) is 0 Å². The van der Waals surface area contributed by atoms with E-state index in [0.29, 0.717) is 0 Å². The largest absolute Gasteiger partial charge is 0.411 e. The summed E-state index contributed by atoms with van der Waals surface area (Å²) in [6, 6.07) is 15.7. The quantitative estimate of drug-likeness (QED) is 0.456. The molecule has 0 heterocycles. The van der Waals surface area contributed by atoms with Crippen molar-refractivity contribution in [3.05, 3.63) is 59.7 Å². The Hall–Kier alpha value is -2.82. The molecule has 0 aliphatic carbocycles. The maximum Gasteiger partial charge on any atom is 0.0733 e. The molecule has 0 amide bonds. The first-order valence-electron chi connectivity index (χ1n) is 7.61. The summed E-state index contributed by atoms with van der Waals surface area (Å²) in [5.74, 6) is 0. The molecule has 0 saturated heterocycles. The van der Waals surface area contributed by atoms with Gasteiger partial charge in [0.25, 0.3) is 0 Å². The lowest BCUT2D eigenvalue weighted by Crippen LogP contribution is -2.18. The van der Waals surface area contributed by atoms with Gasteiger partial charge in [0.15, 0.2) is 0 Å². The van der Waals surface area contributed by atoms with Crippen molar-refractivity contribution in [2.75, 3.05) is 11.4 Å². The highest BCUT2D eigenvalue weighted by molar-refractivity contribution is 5.81. The van der Waals surface area contributed by atoms with E-state index in [0.717, 1.165) is 41.9 Å². The van der Waals surface area contributed by atoms with Crippen LogP contribution < -0.4 is 4.90 Å². The fourth-order valence-electron chi connectivity index (χ4n) is 2.34. The third-order valence-electron chi connectivity index (χ3n) is 3.56. The summed E-state index contributed by atoms with van der Waals surface area (Å²) < 4.78 is 0. The molecule has 0 unspecified atom stereocenters. The minimum Gasteiger partial charge on any atom is -0.411 e. The van der Waals surface area contributed by atoms with Gasteiger partial charge in [-0.3, -0.25) is 0 Å². The van der Waals surface area contributed by atoms with Crippen LogP contribution in [-0.4, -0.2) is 29.4 Å². The second kappa shape index (κ2) is 8.58. The summed E-state index contributed by atoms with van der Waals surface area (Å²) >= 11 is 0. The number of unbranched alkanes of at least 4 members (excludes halogenated alkanes) is 1. The van der Waals surface area contributed by atoms with Crippen LogP contribution in [0.4, 0.5) is 11.4 Å². The Bertz CT molecular complexity index is 593. The molecule has 0 radical (unpaired) electrons. The Morgan fingerprint density at radius 3 is 1.61 bits per heavy atom. The SMILES string of the molecule is CCCCN(c1ccc(C=NO)cc1)c1ccc(C=NO)cc1. The van der Waals surface area contributed by atoms with Crippen LogP contribution >= 0.6 is 0 Å². The van der Waals surface area contributed by atoms with E-state index in [-0.39, 0.29) is 0 Å². The fourth-order valence-corrected chi connectivity index (χ4v) is 2.34. The molecule has 0 fully saturated rings. The Morgan fingerprint density at radius 2 is 1.26 bits per heavy atom. The molecule has 0 atom stereocenters. The topological polar surface area (TPSA) is 68.4 Å². The van der Waals surface area contributed by atoms with Gasteiger partial charge in [0, 0.05) is 17.9 Å². The van der Waals surface area contributed by atoms with Gasteiger partial charge in [-0.1, -0.05) is 47.9 Å². The van der Waals surface area contributed by atoms with Crippen molar-refractivity contribution in [3.63, 3.8) is 0 Å². The highest BCUT2D eigenvalue weighted by Gasteiger charge is 2.08. The monoisotopic (exact) mass is 311 g/mol. The van der Waals surface area contributed by atoms with Crippen molar-refractivity contribution in [1.82, 2.24) is 0 Å². The van der Waals surface area contributed by atoms with Crippen molar-refractivity contribution in [3.8, 4) is 0 Å². The molecule has 2 aromatic carbocycles. The predicted molar refractivity (Wildman–Crippen MR) is 93.6 cm³/mol. The molecule has 0 spiro atoms. The van der Waals surface area contributed by atoms with E-state index in [9.17, 15) is 0 Å². The van der Waals surface area contributed by atoms with Crippen molar-refractivity contribution < 1.29 is 10.4 Å². The van der Waals surface area contributed by atoms with Crippen LogP contribution in [-0.2, 0) is 0 Å². The van der Waals surface area contributed by atoms with Gasteiger partial charge in [0.2, 0.25) is 0 Å². The number of rotatable bonds is 7. The van der Waals surface area contributed by atoms with Gasteiger partial charge in [0.1, 0.15) is 0 Å². The molecular formula is C18H21N3O2. The van der Waals surface area contributed by atoms with Crippen LogP contribution in [0, 0.1) is 0 Å². The summed E-state index contributed by atoms with van der Waals surface area (Å²) in [5.41, 5.74) is 3.86. The summed E-state index contributed by atoms with van der Waals surface area (Å²) in [7, 11) is 0. The van der Waals surface area contributed by atoms with E-state index in [1.165, 1.54) is 12.4 Å². The molecule has 2 rings (SSSR count). The van der Waals surface area contributed by atoms with E-state index in [2.05, 4.69) is 22.1 Å². The molecule has 120 valence electrons. The Kier molecular flexibility index (Phi) is 6.17. The standard InChI is InChI=1S/C18H21N3O2/c1-2-3-12-21(17-8-4-15(5-9-17)13-19-22)18-10-6-16(7-11-18)14-20-23/h4-11,13-14,22-23H,2-3,12H2,1H3. The molecule has 0 aliphatic heterocycles. The van der Waals surface area contributed by atoms with E-state index in [1.807, 2.05) is 48.5 Å². The van der Waals surface area contributed by atoms with Gasteiger partial charge in [-0.2, -0.15) is 0 Å². The zero-order valence-electron chi connectivity index (χ0n) is 13.1. The van der Waals surface area contributed by atoms with Crippen LogP contribution in [0.15, 0.2) is 58.8 Å². The molecule has 23 heavy (non-hydrogen) atoms. The number of benzene rings is 2. The molecule has 5 heteroatoms. The lowest BCUT2D eigenvalue weighted by Gasteiger charge is -2.25. The lowest BCUT2D eigenvalue weighted by molar-refractivity contribution is 0.321. The summed E-state index contributed by atoms with van der Waals surface area (Å²) in [6.45, 7) is 3.08. The highest BCUT2D eigenvalue weighted by Crippen LogP contribution is 2.26. The first kappa shape index (κ1) is 16.5. The third kappa shape index (κ3) is 4.57. The van der Waals surface area contributed by atoms with Gasteiger partial charge in [-0.15, -0.1) is 0 Å². The van der Waals surface area contributed by atoms with Gasteiger partial charge in [-0.25, -0.2) is 0 Å². The lowest BCUT2D eigenvalue weighted by atomic mass is 10.1. The molecule has 0 aliphatic rings. The van der Waals surface area contributed by atoms with Crippen molar-refractivity contribution in [1.29, 1.82) is 0 Å². The van der Waals surface area contributed by atoms with E-state index in [4.69, 9.17) is 10.4 Å². The van der Waals surface area contributed by atoms with Crippen molar-refractivity contribution >= 4 is 23.8 Å². The minimum atomic E-state index is 0.848. The summed E-state index contributed by atoms with van der Waals surface area (Å²) in [5, 5.41) is 23.3. The molecule has 0 saturated carbocycles. The van der Waals surface area contributed by atoms with Crippen LogP contribution in [0.25, 0.3) is 0 Å². The number of hydrogen-bond acceptors (Lipinski definition) is 5. The molecule has 5 nitrogen and oxygen atoms in total. The van der Waals surface area contributed by atoms with Gasteiger partial charge >= 0.3 is 0 Å². The van der Waals surface area contributed by atoms with Crippen LogP contribution in [0.2, 0.25) is 0 Å². The number of hydrogen-bond donors (Lipinski definition) is 2. The maximum absolute atomic E-state index is 8.59. The fraction of sp³-hybridized carbons (Fsp3) is 0.222. The third-order valence-corrected chi connectivity index (χ3v) is 3.56. The summed E-state index contributed by atoms with van der Waals surface area (Å²) in [6.07, 6.45) is 5.01. The highest BCUT2D eigenvalue weighted by atomic mass is 16.4. The van der Waals surface area contributed by atoms with Gasteiger partial charge < -0.3 is 15.3 Å². The first-order chi connectivity index (χ1) is 11.3. The average Bonchev–Trinajstić information content (AvgIpc) is 2.58. The minimum absolute atomic E-state index is 0.848. The van der Waals surface area contributed by atoms with Gasteiger partial charge in [0.05, 0.1) is 12.4 Å². The average molecular weight is 311 g/mol. The maximum atomic E-state index is 8.59. The molecular weight excluding hydrogens is 290 g/mol. The molecule has 2 N–H and O–H groups in total. The Balaban J connectivity index is 2.28. The normalized spacial score (nSPS) is 11.3.